The Morgan fingerprint density at radius 2 is 1.81 bits per heavy atom. The molecule has 1 rings (SSSR count). The van der Waals surface area contributed by atoms with Crippen LogP contribution in [0, 0.1) is 5.92 Å². The first-order valence-electron chi connectivity index (χ1n) is 7.71. The quantitative estimate of drug-likeness (QED) is 0.416. The van der Waals surface area contributed by atoms with Gasteiger partial charge in [-0.15, -0.1) is 0 Å². The minimum atomic E-state index is -3.89. The fourth-order valence-corrected chi connectivity index (χ4v) is 3.32. The van der Waals surface area contributed by atoms with E-state index in [4.69, 9.17) is 9.29 Å². The molecule has 0 radical (unpaired) electrons. The van der Waals surface area contributed by atoms with Crippen LogP contribution in [-0.2, 0) is 19.6 Å². The van der Waals surface area contributed by atoms with Crippen molar-refractivity contribution in [2.75, 3.05) is 38.5 Å². The molecule has 21 heavy (non-hydrogen) atoms. The van der Waals surface area contributed by atoms with Crippen molar-refractivity contribution in [2.24, 2.45) is 5.92 Å². The van der Waals surface area contributed by atoms with Crippen LogP contribution in [0.1, 0.15) is 39.5 Å². The van der Waals surface area contributed by atoms with E-state index in [1.165, 1.54) is 6.42 Å². The molecule has 1 saturated heterocycles. The third-order valence-corrected chi connectivity index (χ3v) is 4.89. The molecule has 0 aliphatic carbocycles. The molecule has 124 valence electrons. The lowest BCUT2D eigenvalue weighted by Crippen LogP contribution is -2.54. The summed E-state index contributed by atoms with van der Waals surface area (Å²) in [5.74, 6) is -0.513. The maximum atomic E-state index is 11.5. The van der Waals surface area contributed by atoms with E-state index in [1.807, 2.05) is 0 Å². The van der Waals surface area contributed by atoms with Crippen LogP contribution in [0.3, 0.4) is 0 Å². The number of quaternary nitrogens is 1. The van der Waals surface area contributed by atoms with Gasteiger partial charge >= 0.3 is 5.97 Å². The molecule has 6 nitrogen and oxygen atoms in total. The summed E-state index contributed by atoms with van der Waals surface area (Å²) in [6.07, 6.45) is 3.87. The summed E-state index contributed by atoms with van der Waals surface area (Å²) in [6, 6.07) is 0. The van der Waals surface area contributed by atoms with E-state index in [0.29, 0.717) is 19.6 Å². The van der Waals surface area contributed by atoms with Gasteiger partial charge in [0.05, 0.1) is 31.3 Å². The number of hydrogen-bond donors (Lipinski definition) is 1. The van der Waals surface area contributed by atoms with Gasteiger partial charge in [-0.05, 0) is 19.3 Å². The predicted octanol–water partition coefficient (Wildman–Crippen LogP) is 1.46. The number of carbonyl (C=O) groups is 1. The van der Waals surface area contributed by atoms with Crippen molar-refractivity contribution in [3.63, 3.8) is 0 Å². The highest BCUT2D eigenvalue weighted by Gasteiger charge is 2.30. The van der Waals surface area contributed by atoms with Gasteiger partial charge in [-0.3, -0.25) is 9.35 Å². The number of likely N-dealkylation sites (tertiary alicyclic amines) is 1. The number of piperidine rings is 1. The maximum Gasteiger partial charge on any atom is 0.308 e. The zero-order valence-electron chi connectivity index (χ0n) is 13.1. The summed E-state index contributed by atoms with van der Waals surface area (Å²) >= 11 is 0. The summed E-state index contributed by atoms with van der Waals surface area (Å²) in [6.45, 7) is 7.40. The first-order chi connectivity index (χ1) is 9.74. The first-order valence-corrected chi connectivity index (χ1v) is 9.32. The van der Waals surface area contributed by atoms with Crippen LogP contribution in [0.15, 0.2) is 0 Å². The Morgan fingerprint density at radius 1 is 1.19 bits per heavy atom. The Morgan fingerprint density at radius 3 is 2.33 bits per heavy atom. The van der Waals surface area contributed by atoms with Gasteiger partial charge in [0.25, 0.3) is 10.1 Å². The highest BCUT2D eigenvalue weighted by molar-refractivity contribution is 7.85. The van der Waals surface area contributed by atoms with E-state index in [9.17, 15) is 13.2 Å². The molecule has 1 aliphatic heterocycles. The van der Waals surface area contributed by atoms with Crippen molar-refractivity contribution in [3.8, 4) is 0 Å². The van der Waals surface area contributed by atoms with Crippen molar-refractivity contribution >= 4 is 16.1 Å². The van der Waals surface area contributed by atoms with E-state index in [-0.39, 0.29) is 17.6 Å². The van der Waals surface area contributed by atoms with Crippen LogP contribution in [0.2, 0.25) is 0 Å². The molecule has 0 spiro atoms. The van der Waals surface area contributed by atoms with Crippen LogP contribution in [0.4, 0.5) is 0 Å². The molecule has 1 aliphatic rings. The van der Waals surface area contributed by atoms with E-state index < -0.39 is 10.1 Å². The first kappa shape index (κ1) is 18.4. The zero-order valence-corrected chi connectivity index (χ0v) is 13.9. The van der Waals surface area contributed by atoms with Crippen molar-refractivity contribution in [2.45, 2.75) is 39.5 Å². The number of esters is 1. The smallest absolute Gasteiger partial charge is 0.308 e. The van der Waals surface area contributed by atoms with E-state index in [1.54, 1.807) is 13.8 Å². The summed E-state index contributed by atoms with van der Waals surface area (Å²) < 4.78 is 36.6. The largest absolute Gasteiger partial charge is 0.459 e. The van der Waals surface area contributed by atoms with Gasteiger partial charge in [-0.25, -0.2) is 0 Å². The SMILES string of the molecule is CC(C)C(=O)OCC[N+]1(CCCS(=O)(=O)O)CCCCC1. The normalized spacial score (nSPS) is 18.7. The van der Waals surface area contributed by atoms with Gasteiger partial charge in [-0.2, -0.15) is 8.42 Å². The average Bonchev–Trinajstić information content (AvgIpc) is 2.38. The Labute approximate surface area is 127 Å². The summed E-state index contributed by atoms with van der Waals surface area (Å²) in [5.41, 5.74) is 0. The fourth-order valence-electron chi connectivity index (χ4n) is 2.83. The van der Waals surface area contributed by atoms with Crippen LogP contribution in [0.25, 0.3) is 0 Å². The lowest BCUT2D eigenvalue weighted by molar-refractivity contribution is -0.932. The van der Waals surface area contributed by atoms with Crippen LogP contribution in [-0.4, -0.2) is 62.0 Å². The lowest BCUT2D eigenvalue weighted by Gasteiger charge is -2.41. The molecule has 0 atom stereocenters. The summed E-state index contributed by atoms with van der Waals surface area (Å²) in [5, 5.41) is 0. The molecule has 0 amide bonds. The van der Waals surface area contributed by atoms with Gasteiger partial charge in [0.15, 0.2) is 0 Å². The third-order valence-electron chi connectivity index (χ3n) is 4.08. The van der Waals surface area contributed by atoms with E-state index in [2.05, 4.69) is 0 Å². The average molecular weight is 322 g/mol. The van der Waals surface area contributed by atoms with Crippen LogP contribution >= 0.6 is 0 Å². The number of nitrogens with zero attached hydrogens (tertiary/aromatic N) is 1. The molecule has 0 unspecified atom stereocenters. The molecule has 0 aromatic heterocycles. The summed E-state index contributed by atoms with van der Waals surface area (Å²) in [7, 11) is -3.89. The molecule has 0 bridgehead atoms. The number of hydrogen-bond acceptors (Lipinski definition) is 4. The lowest BCUT2D eigenvalue weighted by atomic mass is 10.1. The highest BCUT2D eigenvalue weighted by atomic mass is 32.2. The van der Waals surface area contributed by atoms with Crippen molar-refractivity contribution < 1.29 is 27.0 Å². The minimum Gasteiger partial charge on any atom is -0.459 e. The molecule has 0 aromatic rings. The topological polar surface area (TPSA) is 80.7 Å². The molecule has 0 aromatic carbocycles. The van der Waals surface area contributed by atoms with Gasteiger partial charge in [0.2, 0.25) is 0 Å². The second kappa shape index (κ2) is 8.10. The Balaban J connectivity index is 2.47. The molecule has 1 N–H and O–H groups in total. The predicted molar refractivity (Wildman–Crippen MR) is 80.4 cm³/mol. The number of ether oxygens (including phenoxy) is 1. The van der Waals surface area contributed by atoms with Crippen LogP contribution in [0.5, 0.6) is 0 Å². The number of carbonyl (C=O) groups excluding carboxylic acids is 1. The Bertz CT molecular complexity index is 427. The Hall–Kier alpha value is -0.660. The van der Waals surface area contributed by atoms with Gasteiger partial charge in [-0.1, -0.05) is 13.8 Å². The standard InChI is InChI=1S/C14H27NO5S/c1-13(2)14(16)20-11-10-15(7-4-3-5-8-15)9-6-12-21(17,18)19/h13H,3-12H2,1-2H3/p+1. The minimum absolute atomic E-state index is 0.126. The van der Waals surface area contributed by atoms with Gasteiger partial charge in [0.1, 0.15) is 13.2 Å². The fraction of sp³-hybridized carbons (Fsp3) is 0.929. The molecule has 7 heteroatoms. The molecule has 0 saturated carbocycles. The Kier molecular flexibility index (Phi) is 7.09. The second-order valence-corrected chi connectivity index (χ2v) is 7.83. The van der Waals surface area contributed by atoms with E-state index >= 15 is 0 Å². The molecular weight excluding hydrogens is 294 g/mol. The van der Waals surface area contributed by atoms with Gasteiger partial charge < -0.3 is 9.22 Å². The third kappa shape index (κ3) is 7.24. The van der Waals surface area contributed by atoms with Crippen molar-refractivity contribution in [3.05, 3.63) is 0 Å². The van der Waals surface area contributed by atoms with Crippen LogP contribution < -0.4 is 0 Å². The molecule has 1 heterocycles. The molecule has 1 fully saturated rings. The number of rotatable bonds is 8. The maximum absolute atomic E-state index is 11.5. The van der Waals surface area contributed by atoms with E-state index in [0.717, 1.165) is 37.0 Å². The van der Waals surface area contributed by atoms with Crippen molar-refractivity contribution in [1.82, 2.24) is 0 Å². The second-order valence-electron chi connectivity index (χ2n) is 6.26. The summed E-state index contributed by atoms with van der Waals surface area (Å²) in [4.78, 5) is 11.5. The van der Waals surface area contributed by atoms with Gasteiger partial charge in [0, 0.05) is 6.42 Å². The highest BCUT2D eigenvalue weighted by Crippen LogP contribution is 2.19. The molecular formula is C14H28NO5S+. The zero-order chi connectivity index (χ0) is 15.9. The van der Waals surface area contributed by atoms with Crippen molar-refractivity contribution in [1.29, 1.82) is 0 Å². The monoisotopic (exact) mass is 322 g/mol.